The predicted octanol–water partition coefficient (Wildman–Crippen LogP) is -0.670. The lowest BCUT2D eigenvalue weighted by Crippen LogP contribution is -2.24. The van der Waals surface area contributed by atoms with Gasteiger partial charge in [-0.05, 0) is 6.07 Å². The van der Waals surface area contributed by atoms with Crippen molar-refractivity contribution in [2.45, 2.75) is 11.4 Å². The van der Waals surface area contributed by atoms with Crippen LogP contribution in [-0.2, 0) is 30.7 Å². The first-order valence-electron chi connectivity index (χ1n) is 5.53. The molecule has 0 bridgehead atoms. The number of hydrogen-bond acceptors (Lipinski definition) is 5. The molecule has 10 heteroatoms. The number of nitrogens with zero attached hydrogens (tertiary/aromatic N) is 4. The van der Waals surface area contributed by atoms with Crippen molar-refractivity contribution in [3.05, 3.63) is 30.1 Å². The van der Waals surface area contributed by atoms with Gasteiger partial charge in [-0.25, -0.2) is 17.9 Å². The third kappa shape index (κ3) is 2.70. The van der Waals surface area contributed by atoms with Crippen LogP contribution in [-0.4, -0.2) is 38.8 Å². The SMILES string of the molecule is Cn1cc(S(=O)(=O)NCc2nncn2C)cc1C(=O)O. The summed E-state index contributed by atoms with van der Waals surface area (Å²) in [5.41, 5.74) is -0.107. The lowest BCUT2D eigenvalue weighted by molar-refractivity contribution is 0.0686. The van der Waals surface area contributed by atoms with Crippen molar-refractivity contribution in [2.24, 2.45) is 14.1 Å². The minimum absolute atomic E-state index is 0.0316. The van der Waals surface area contributed by atoms with Crippen molar-refractivity contribution in [1.82, 2.24) is 24.1 Å². The first-order chi connectivity index (χ1) is 9.31. The Morgan fingerprint density at radius 1 is 1.40 bits per heavy atom. The number of carbonyl (C=O) groups is 1. The monoisotopic (exact) mass is 299 g/mol. The Morgan fingerprint density at radius 3 is 2.60 bits per heavy atom. The smallest absolute Gasteiger partial charge is 0.352 e. The van der Waals surface area contributed by atoms with E-state index in [9.17, 15) is 13.2 Å². The zero-order valence-electron chi connectivity index (χ0n) is 10.8. The van der Waals surface area contributed by atoms with Crippen molar-refractivity contribution in [3.8, 4) is 0 Å². The summed E-state index contributed by atoms with van der Waals surface area (Å²) in [6, 6.07) is 1.10. The van der Waals surface area contributed by atoms with E-state index in [1.165, 1.54) is 24.1 Å². The highest BCUT2D eigenvalue weighted by molar-refractivity contribution is 7.89. The number of aromatic carboxylic acids is 1. The second-order valence-electron chi connectivity index (χ2n) is 4.16. The Kier molecular flexibility index (Phi) is 3.59. The van der Waals surface area contributed by atoms with Crippen LogP contribution in [0, 0.1) is 0 Å². The minimum atomic E-state index is -3.80. The third-order valence-electron chi connectivity index (χ3n) is 2.73. The van der Waals surface area contributed by atoms with Crippen molar-refractivity contribution in [2.75, 3.05) is 0 Å². The summed E-state index contributed by atoms with van der Waals surface area (Å²) >= 11 is 0. The quantitative estimate of drug-likeness (QED) is 0.755. The second kappa shape index (κ2) is 5.06. The van der Waals surface area contributed by atoms with Crippen LogP contribution >= 0.6 is 0 Å². The van der Waals surface area contributed by atoms with Crippen LogP contribution in [0.2, 0.25) is 0 Å². The fraction of sp³-hybridized carbons (Fsp3) is 0.300. The normalized spacial score (nSPS) is 11.7. The van der Waals surface area contributed by atoms with Crippen LogP contribution < -0.4 is 4.72 Å². The van der Waals surface area contributed by atoms with Crippen LogP contribution in [0.5, 0.6) is 0 Å². The first kappa shape index (κ1) is 14.2. The standard InChI is InChI=1S/C10H13N5O4S/c1-14-5-7(3-8(14)10(16)17)20(18,19)12-4-9-13-11-6-15(9)2/h3,5-6,12H,4H2,1-2H3,(H,16,17). The molecule has 2 N–H and O–H groups in total. The summed E-state index contributed by atoms with van der Waals surface area (Å²) in [5.74, 6) is -0.745. The highest BCUT2D eigenvalue weighted by Gasteiger charge is 2.20. The Balaban J connectivity index is 2.20. The van der Waals surface area contributed by atoms with E-state index in [2.05, 4.69) is 14.9 Å². The maximum Gasteiger partial charge on any atom is 0.352 e. The zero-order valence-corrected chi connectivity index (χ0v) is 11.6. The third-order valence-corrected chi connectivity index (χ3v) is 4.10. The topological polar surface area (TPSA) is 119 Å². The lowest BCUT2D eigenvalue weighted by atomic mass is 10.4. The molecule has 20 heavy (non-hydrogen) atoms. The van der Waals surface area contributed by atoms with Crippen LogP contribution in [0.4, 0.5) is 0 Å². The number of carboxylic acids is 1. The number of carboxylic acid groups (broad SMARTS) is 1. The van der Waals surface area contributed by atoms with Gasteiger partial charge in [0, 0.05) is 20.3 Å². The highest BCUT2D eigenvalue weighted by Crippen LogP contribution is 2.13. The van der Waals surface area contributed by atoms with Crippen LogP contribution in [0.1, 0.15) is 16.3 Å². The zero-order chi connectivity index (χ0) is 14.9. The van der Waals surface area contributed by atoms with Crippen molar-refractivity contribution in [3.63, 3.8) is 0 Å². The summed E-state index contributed by atoms with van der Waals surface area (Å²) in [4.78, 5) is 10.8. The van der Waals surface area contributed by atoms with E-state index in [0.717, 1.165) is 6.07 Å². The van der Waals surface area contributed by atoms with Crippen molar-refractivity contribution in [1.29, 1.82) is 0 Å². The number of aromatic nitrogens is 4. The average Bonchev–Trinajstić information content (AvgIpc) is 2.93. The van der Waals surface area contributed by atoms with Crippen LogP contribution in [0.25, 0.3) is 0 Å². The molecule has 0 aliphatic carbocycles. The Bertz CT molecular complexity index is 746. The molecule has 2 rings (SSSR count). The second-order valence-corrected chi connectivity index (χ2v) is 5.93. The van der Waals surface area contributed by atoms with Gasteiger partial charge in [-0.15, -0.1) is 10.2 Å². The summed E-state index contributed by atoms with van der Waals surface area (Å²) < 4.78 is 29.3. The van der Waals surface area contributed by atoms with Gasteiger partial charge in [-0.3, -0.25) is 0 Å². The summed E-state index contributed by atoms with van der Waals surface area (Å²) in [6.45, 7) is -0.0316. The van der Waals surface area contributed by atoms with E-state index in [0.29, 0.717) is 5.82 Å². The van der Waals surface area contributed by atoms with Gasteiger partial charge < -0.3 is 14.2 Å². The molecule has 0 aliphatic rings. The Hall–Kier alpha value is -2.20. The Labute approximate surface area is 114 Å². The van der Waals surface area contributed by atoms with Crippen LogP contribution in [0.3, 0.4) is 0 Å². The molecular weight excluding hydrogens is 286 g/mol. The van der Waals surface area contributed by atoms with E-state index in [-0.39, 0.29) is 17.1 Å². The fourth-order valence-corrected chi connectivity index (χ4v) is 2.65. The summed E-state index contributed by atoms with van der Waals surface area (Å²) in [7, 11) is -0.651. The van der Waals surface area contributed by atoms with E-state index >= 15 is 0 Å². The molecule has 2 aromatic heterocycles. The van der Waals surface area contributed by atoms with E-state index < -0.39 is 16.0 Å². The molecule has 0 fully saturated rings. The van der Waals surface area contributed by atoms with E-state index in [1.54, 1.807) is 11.6 Å². The van der Waals surface area contributed by atoms with Gasteiger partial charge in [0.1, 0.15) is 22.7 Å². The van der Waals surface area contributed by atoms with Gasteiger partial charge in [-0.2, -0.15) is 0 Å². The maximum absolute atomic E-state index is 12.1. The van der Waals surface area contributed by atoms with Gasteiger partial charge in [0.05, 0.1) is 6.54 Å². The van der Waals surface area contributed by atoms with E-state index in [1.807, 2.05) is 0 Å². The summed E-state index contributed by atoms with van der Waals surface area (Å²) in [5, 5.41) is 16.3. The number of hydrogen-bond donors (Lipinski definition) is 2. The number of aryl methyl sites for hydroxylation is 2. The molecule has 0 aliphatic heterocycles. The fourth-order valence-electron chi connectivity index (χ4n) is 1.60. The number of sulfonamides is 1. The molecule has 0 radical (unpaired) electrons. The summed E-state index contributed by atoms with van der Waals surface area (Å²) in [6.07, 6.45) is 2.69. The van der Waals surface area contributed by atoms with Gasteiger partial charge in [-0.1, -0.05) is 0 Å². The molecule has 0 aromatic carbocycles. The number of rotatable bonds is 5. The molecule has 0 amide bonds. The Morgan fingerprint density at radius 2 is 2.10 bits per heavy atom. The molecule has 0 unspecified atom stereocenters. The first-order valence-corrected chi connectivity index (χ1v) is 7.02. The largest absolute Gasteiger partial charge is 0.477 e. The maximum atomic E-state index is 12.1. The van der Waals surface area contributed by atoms with Gasteiger partial charge in [0.2, 0.25) is 10.0 Å². The van der Waals surface area contributed by atoms with Crippen molar-refractivity contribution >= 4 is 16.0 Å². The minimum Gasteiger partial charge on any atom is -0.477 e. The molecule has 0 spiro atoms. The highest BCUT2D eigenvalue weighted by atomic mass is 32.2. The molecule has 9 nitrogen and oxygen atoms in total. The molecule has 0 saturated heterocycles. The lowest BCUT2D eigenvalue weighted by Gasteiger charge is -2.04. The van der Waals surface area contributed by atoms with Crippen molar-refractivity contribution < 1.29 is 18.3 Å². The molecule has 0 atom stereocenters. The van der Waals surface area contributed by atoms with Gasteiger partial charge in [0.15, 0.2) is 0 Å². The molecule has 2 aromatic rings. The van der Waals surface area contributed by atoms with Gasteiger partial charge in [0.25, 0.3) is 0 Å². The predicted molar refractivity (Wildman–Crippen MR) is 67.4 cm³/mol. The average molecular weight is 299 g/mol. The van der Waals surface area contributed by atoms with Gasteiger partial charge >= 0.3 is 5.97 Å². The molecule has 108 valence electrons. The molecule has 2 heterocycles. The molecule has 0 saturated carbocycles. The molecular formula is C10H13N5O4S. The van der Waals surface area contributed by atoms with E-state index in [4.69, 9.17) is 5.11 Å². The van der Waals surface area contributed by atoms with Crippen LogP contribution in [0.15, 0.2) is 23.5 Å². The number of nitrogens with one attached hydrogen (secondary N) is 1.